The number of hydrogen-bond acceptors (Lipinski definition) is 4. The zero-order valence-electron chi connectivity index (χ0n) is 20.2. The van der Waals surface area contributed by atoms with E-state index in [1.54, 1.807) is 29.2 Å². The summed E-state index contributed by atoms with van der Waals surface area (Å²) in [6.07, 6.45) is 4.70. The topological polar surface area (TPSA) is 73.0 Å². The standard InChI is InChI=1S/C27H33ClN4O3/c1-2-3-5-13-25(34)30-16-14-27(15-17-30)26(35)31(20-32(27)23-11-6-4-7-12-23)19-24(33)29-22-10-8-9-21(28)18-22/h4,6-12,18H,2-3,5,13-17,19-20H2,1H3,(H,29,33). The molecule has 3 amide bonds. The van der Waals surface area contributed by atoms with Gasteiger partial charge < -0.3 is 20.0 Å². The molecule has 0 unspecified atom stereocenters. The number of halogens is 1. The van der Waals surface area contributed by atoms with E-state index in [4.69, 9.17) is 11.6 Å². The van der Waals surface area contributed by atoms with Crippen LogP contribution in [-0.2, 0) is 14.4 Å². The molecule has 2 aromatic rings. The molecule has 0 atom stereocenters. The van der Waals surface area contributed by atoms with Crippen LogP contribution in [0.5, 0.6) is 0 Å². The minimum Gasteiger partial charge on any atom is -0.342 e. The Labute approximate surface area is 212 Å². The van der Waals surface area contributed by atoms with Gasteiger partial charge in [0.1, 0.15) is 12.1 Å². The second kappa shape index (κ2) is 11.1. The summed E-state index contributed by atoms with van der Waals surface area (Å²) in [5, 5.41) is 3.37. The van der Waals surface area contributed by atoms with E-state index in [1.807, 2.05) is 35.2 Å². The summed E-state index contributed by atoms with van der Waals surface area (Å²) >= 11 is 6.03. The second-order valence-electron chi connectivity index (χ2n) is 9.34. The highest BCUT2D eigenvalue weighted by molar-refractivity contribution is 6.30. The van der Waals surface area contributed by atoms with Gasteiger partial charge in [-0.1, -0.05) is 55.6 Å². The van der Waals surface area contributed by atoms with Crippen LogP contribution in [0.2, 0.25) is 5.02 Å². The molecule has 7 nitrogen and oxygen atoms in total. The lowest BCUT2D eigenvalue weighted by Gasteiger charge is -2.43. The van der Waals surface area contributed by atoms with E-state index in [9.17, 15) is 14.4 Å². The SMILES string of the molecule is CCCCCC(=O)N1CCC2(CC1)C(=O)N(CC(=O)Nc1cccc(Cl)c1)CN2c1ccccc1. The maximum absolute atomic E-state index is 13.8. The molecule has 2 heterocycles. The molecule has 0 aliphatic carbocycles. The number of nitrogens with zero attached hydrogens (tertiary/aromatic N) is 3. The summed E-state index contributed by atoms with van der Waals surface area (Å²) in [7, 11) is 0. The van der Waals surface area contributed by atoms with Crippen LogP contribution in [0.4, 0.5) is 11.4 Å². The van der Waals surface area contributed by atoms with E-state index >= 15 is 0 Å². The lowest BCUT2D eigenvalue weighted by atomic mass is 9.85. The maximum atomic E-state index is 13.8. The number of para-hydroxylation sites is 1. The fourth-order valence-electron chi connectivity index (χ4n) is 5.07. The molecule has 2 saturated heterocycles. The minimum atomic E-state index is -0.752. The monoisotopic (exact) mass is 496 g/mol. The quantitative estimate of drug-likeness (QED) is 0.545. The number of carbonyl (C=O) groups is 3. The average molecular weight is 497 g/mol. The first-order valence-corrected chi connectivity index (χ1v) is 12.8. The minimum absolute atomic E-state index is 0.0455. The number of benzene rings is 2. The number of likely N-dealkylation sites (tertiary alicyclic amines) is 1. The van der Waals surface area contributed by atoms with Crippen molar-refractivity contribution in [3.05, 3.63) is 59.6 Å². The van der Waals surface area contributed by atoms with Gasteiger partial charge in [-0.05, 0) is 49.6 Å². The highest BCUT2D eigenvalue weighted by Crippen LogP contribution is 2.39. The molecule has 1 N–H and O–H groups in total. The highest BCUT2D eigenvalue weighted by atomic mass is 35.5. The van der Waals surface area contributed by atoms with Crippen LogP contribution >= 0.6 is 11.6 Å². The fourth-order valence-corrected chi connectivity index (χ4v) is 5.26. The van der Waals surface area contributed by atoms with Crippen LogP contribution in [0.1, 0.15) is 45.4 Å². The normalized spacial score (nSPS) is 17.2. The smallest absolute Gasteiger partial charge is 0.250 e. The van der Waals surface area contributed by atoms with Gasteiger partial charge in [0.2, 0.25) is 11.8 Å². The largest absolute Gasteiger partial charge is 0.342 e. The van der Waals surface area contributed by atoms with Crippen LogP contribution in [0, 0.1) is 0 Å². The van der Waals surface area contributed by atoms with E-state index < -0.39 is 5.54 Å². The molecule has 1 spiro atoms. The van der Waals surface area contributed by atoms with Crippen molar-refractivity contribution in [2.24, 2.45) is 0 Å². The molecule has 2 fully saturated rings. The average Bonchev–Trinajstić information content (AvgIpc) is 3.11. The van der Waals surface area contributed by atoms with E-state index in [0.29, 0.717) is 49.7 Å². The Hall–Kier alpha value is -3.06. The van der Waals surface area contributed by atoms with Gasteiger partial charge in [-0.15, -0.1) is 0 Å². The Bertz CT molecular complexity index is 1050. The van der Waals surface area contributed by atoms with Crippen molar-refractivity contribution in [1.82, 2.24) is 9.80 Å². The van der Waals surface area contributed by atoms with Gasteiger partial charge in [-0.25, -0.2) is 0 Å². The fraction of sp³-hybridized carbons (Fsp3) is 0.444. The van der Waals surface area contributed by atoms with Gasteiger partial charge in [0.25, 0.3) is 5.91 Å². The second-order valence-corrected chi connectivity index (χ2v) is 9.77. The summed E-state index contributed by atoms with van der Waals surface area (Å²) in [5.41, 5.74) is 0.790. The molecule has 0 radical (unpaired) electrons. The van der Waals surface area contributed by atoms with Gasteiger partial charge in [0, 0.05) is 35.9 Å². The van der Waals surface area contributed by atoms with Gasteiger partial charge in [0.15, 0.2) is 0 Å². The predicted octanol–water partition coefficient (Wildman–Crippen LogP) is 4.53. The van der Waals surface area contributed by atoms with E-state index in [-0.39, 0.29) is 24.3 Å². The predicted molar refractivity (Wildman–Crippen MR) is 138 cm³/mol. The highest BCUT2D eigenvalue weighted by Gasteiger charge is 2.54. The number of amides is 3. The molecule has 2 aromatic carbocycles. The third-order valence-electron chi connectivity index (χ3n) is 6.96. The zero-order valence-corrected chi connectivity index (χ0v) is 21.0. The van der Waals surface area contributed by atoms with Gasteiger partial charge in [0.05, 0.1) is 6.67 Å². The molecule has 0 saturated carbocycles. The summed E-state index contributed by atoms with van der Waals surface area (Å²) in [6.45, 7) is 3.50. The first-order chi connectivity index (χ1) is 16.9. The molecule has 2 aliphatic heterocycles. The number of nitrogens with one attached hydrogen (secondary N) is 1. The third kappa shape index (κ3) is 5.61. The Morgan fingerprint density at radius 2 is 1.77 bits per heavy atom. The Balaban J connectivity index is 1.48. The molecular weight excluding hydrogens is 464 g/mol. The van der Waals surface area contributed by atoms with Crippen molar-refractivity contribution in [3.63, 3.8) is 0 Å². The van der Waals surface area contributed by atoms with Crippen LogP contribution in [-0.4, -0.2) is 59.4 Å². The van der Waals surface area contributed by atoms with Gasteiger partial charge >= 0.3 is 0 Å². The van der Waals surface area contributed by atoms with Crippen molar-refractivity contribution in [1.29, 1.82) is 0 Å². The van der Waals surface area contributed by atoms with Crippen LogP contribution in [0.25, 0.3) is 0 Å². The first kappa shape index (κ1) is 25.0. The summed E-state index contributed by atoms with van der Waals surface area (Å²) < 4.78 is 0. The lowest BCUT2D eigenvalue weighted by molar-refractivity contribution is -0.139. The zero-order chi connectivity index (χ0) is 24.8. The summed E-state index contributed by atoms with van der Waals surface area (Å²) in [6, 6.07) is 16.8. The van der Waals surface area contributed by atoms with Crippen LogP contribution in [0.3, 0.4) is 0 Å². The van der Waals surface area contributed by atoms with E-state index in [0.717, 1.165) is 24.9 Å². The first-order valence-electron chi connectivity index (χ1n) is 12.4. The van der Waals surface area contributed by atoms with Gasteiger partial charge in [-0.2, -0.15) is 0 Å². The Morgan fingerprint density at radius 1 is 1.03 bits per heavy atom. The number of piperidine rings is 1. The van der Waals surface area contributed by atoms with Crippen molar-refractivity contribution in [2.45, 2.75) is 51.0 Å². The van der Waals surface area contributed by atoms with E-state index in [1.165, 1.54) is 0 Å². The maximum Gasteiger partial charge on any atom is 0.250 e. The summed E-state index contributed by atoms with van der Waals surface area (Å²) in [5.74, 6) is -0.155. The molecular formula is C27H33ClN4O3. The number of carbonyl (C=O) groups excluding carboxylic acids is 3. The number of unbranched alkanes of at least 4 members (excludes halogenated alkanes) is 2. The van der Waals surface area contributed by atoms with Crippen LogP contribution < -0.4 is 10.2 Å². The van der Waals surface area contributed by atoms with Crippen molar-refractivity contribution in [2.75, 3.05) is 36.5 Å². The molecule has 0 aromatic heterocycles. The van der Waals surface area contributed by atoms with Gasteiger partial charge in [-0.3, -0.25) is 14.4 Å². The van der Waals surface area contributed by atoms with E-state index in [2.05, 4.69) is 17.1 Å². The van der Waals surface area contributed by atoms with Crippen LogP contribution in [0.15, 0.2) is 54.6 Å². The number of rotatable bonds is 8. The molecule has 4 rings (SSSR count). The Kier molecular flexibility index (Phi) is 7.96. The number of anilines is 2. The molecule has 35 heavy (non-hydrogen) atoms. The lowest BCUT2D eigenvalue weighted by Crippen LogP contribution is -2.57. The molecule has 186 valence electrons. The number of hydrogen-bond donors (Lipinski definition) is 1. The summed E-state index contributed by atoms with van der Waals surface area (Å²) in [4.78, 5) is 44.9. The van der Waals surface area contributed by atoms with Crippen molar-refractivity contribution < 1.29 is 14.4 Å². The third-order valence-corrected chi connectivity index (χ3v) is 7.20. The molecule has 0 bridgehead atoms. The van der Waals surface area contributed by atoms with Crippen molar-refractivity contribution >= 4 is 40.7 Å². The molecule has 8 heteroatoms. The Morgan fingerprint density at radius 3 is 2.46 bits per heavy atom. The van der Waals surface area contributed by atoms with Crippen molar-refractivity contribution in [3.8, 4) is 0 Å². The molecule has 2 aliphatic rings.